The predicted octanol–water partition coefficient (Wildman–Crippen LogP) is 5.41. The molecule has 0 heterocycles. The number of hydrogen-bond acceptors (Lipinski definition) is 5. The molecule has 0 aliphatic rings. The third-order valence-electron chi connectivity index (χ3n) is 7.04. The van der Waals surface area contributed by atoms with Crippen molar-refractivity contribution in [3.05, 3.63) is 95.1 Å². The normalized spacial score (nSPS) is 12.3. The molecule has 9 heteroatoms. The van der Waals surface area contributed by atoms with Crippen LogP contribution in [0.1, 0.15) is 55.9 Å². The number of benzene rings is 3. The van der Waals surface area contributed by atoms with Crippen LogP contribution in [0.4, 0.5) is 5.69 Å². The van der Waals surface area contributed by atoms with Gasteiger partial charge < -0.3 is 15.0 Å². The first-order valence-corrected chi connectivity index (χ1v) is 16.4. The van der Waals surface area contributed by atoms with Crippen LogP contribution in [0, 0.1) is 13.8 Å². The van der Waals surface area contributed by atoms with Crippen molar-refractivity contribution >= 4 is 27.5 Å². The molecule has 1 N–H and O–H groups in total. The van der Waals surface area contributed by atoms with Gasteiger partial charge in [0.25, 0.3) is 0 Å². The van der Waals surface area contributed by atoms with Gasteiger partial charge >= 0.3 is 0 Å². The first-order chi connectivity index (χ1) is 20.2. The molecule has 232 valence electrons. The van der Waals surface area contributed by atoms with Gasteiger partial charge in [-0.15, -0.1) is 0 Å². The Hall–Kier alpha value is -3.85. The Bertz CT molecular complexity index is 1500. The van der Waals surface area contributed by atoms with Crippen LogP contribution in [0.15, 0.2) is 72.8 Å². The van der Waals surface area contributed by atoms with Crippen molar-refractivity contribution in [1.82, 2.24) is 10.2 Å². The second-order valence-electron chi connectivity index (χ2n) is 12.0. The van der Waals surface area contributed by atoms with Crippen molar-refractivity contribution in [3.63, 3.8) is 0 Å². The number of hydrogen-bond donors (Lipinski definition) is 1. The van der Waals surface area contributed by atoms with Crippen molar-refractivity contribution in [2.45, 2.75) is 72.0 Å². The first-order valence-electron chi connectivity index (χ1n) is 14.5. The van der Waals surface area contributed by atoms with E-state index in [-0.39, 0.29) is 37.7 Å². The average molecular weight is 608 g/mol. The van der Waals surface area contributed by atoms with Gasteiger partial charge in [-0.2, -0.15) is 0 Å². The SMILES string of the molecule is COc1cccc(CN(C(=O)CCCN(c2cc(C)ccc2C)S(C)(=O)=O)[C@@H](Cc2ccccc2)C(=O)NC(C)(C)C)c1. The number of carbonyl (C=O) groups is 2. The smallest absolute Gasteiger partial charge is 0.243 e. The van der Waals surface area contributed by atoms with Crippen LogP contribution in [0.3, 0.4) is 0 Å². The highest BCUT2D eigenvalue weighted by Gasteiger charge is 2.32. The number of sulfonamides is 1. The van der Waals surface area contributed by atoms with E-state index < -0.39 is 21.6 Å². The molecule has 3 aromatic carbocycles. The molecule has 0 bridgehead atoms. The number of aryl methyl sites for hydroxylation is 2. The Morgan fingerprint density at radius 2 is 1.60 bits per heavy atom. The quantitative estimate of drug-likeness (QED) is 0.280. The summed E-state index contributed by atoms with van der Waals surface area (Å²) in [6.07, 6.45) is 1.86. The van der Waals surface area contributed by atoms with Gasteiger partial charge in [-0.1, -0.05) is 54.6 Å². The number of methoxy groups -OCH3 is 1. The lowest BCUT2D eigenvalue weighted by atomic mass is 10.00. The van der Waals surface area contributed by atoms with Crippen molar-refractivity contribution in [1.29, 1.82) is 0 Å². The fraction of sp³-hybridized carbons (Fsp3) is 0.412. The van der Waals surface area contributed by atoms with E-state index in [1.807, 2.05) is 107 Å². The summed E-state index contributed by atoms with van der Waals surface area (Å²) in [5.41, 5.74) is 3.64. The van der Waals surface area contributed by atoms with Crippen molar-refractivity contribution in [2.24, 2.45) is 0 Å². The molecule has 3 rings (SSSR count). The lowest BCUT2D eigenvalue weighted by Crippen LogP contribution is -2.54. The number of nitrogens with zero attached hydrogens (tertiary/aromatic N) is 2. The minimum absolute atomic E-state index is 0.0644. The fourth-order valence-corrected chi connectivity index (χ4v) is 5.96. The van der Waals surface area contributed by atoms with Gasteiger partial charge in [0, 0.05) is 31.5 Å². The molecule has 0 aromatic heterocycles. The number of amides is 2. The summed E-state index contributed by atoms with van der Waals surface area (Å²) >= 11 is 0. The third kappa shape index (κ3) is 10.1. The summed E-state index contributed by atoms with van der Waals surface area (Å²) < 4.78 is 32.4. The van der Waals surface area contributed by atoms with Crippen LogP contribution in [0.25, 0.3) is 0 Å². The highest BCUT2D eigenvalue weighted by molar-refractivity contribution is 7.92. The summed E-state index contributed by atoms with van der Waals surface area (Å²) in [6, 6.07) is 22.0. The molecule has 0 radical (unpaired) electrons. The molecule has 0 saturated heterocycles. The summed E-state index contributed by atoms with van der Waals surface area (Å²) in [5.74, 6) is 0.170. The molecule has 0 saturated carbocycles. The molecular weight excluding hydrogens is 562 g/mol. The molecule has 8 nitrogen and oxygen atoms in total. The summed E-state index contributed by atoms with van der Waals surface area (Å²) in [5, 5.41) is 3.07. The van der Waals surface area contributed by atoms with E-state index in [2.05, 4.69) is 5.32 Å². The highest BCUT2D eigenvalue weighted by Crippen LogP contribution is 2.25. The van der Waals surface area contributed by atoms with E-state index in [1.165, 1.54) is 10.6 Å². The van der Waals surface area contributed by atoms with Gasteiger partial charge in [0.2, 0.25) is 21.8 Å². The van der Waals surface area contributed by atoms with E-state index in [0.29, 0.717) is 17.9 Å². The number of nitrogens with one attached hydrogen (secondary N) is 1. The van der Waals surface area contributed by atoms with Crippen LogP contribution in [-0.4, -0.2) is 56.6 Å². The Labute approximate surface area is 257 Å². The topological polar surface area (TPSA) is 96.0 Å². The zero-order valence-electron chi connectivity index (χ0n) is 26.4. The van der Waals surface area contributed by atoms with Crippen LogP contribution >= 0.6 is 0 Å². The van der Waals surface area contributed by atoms with Crippen LogP contribution in [0.5, 0.6) is 5.75 Å². The summed E-state index contributed by atoms with van der Waals surface area (Å²) in [6.45, 7) is 9.84. The molecule has 0 fully saturated rings. The molecule has 0 spiro atoms. The van der Waals surface area contributed by atoms with Crippen molar-refractivity contribution in [2.75, 3.05) is 24.2 Å². The Kier molecular flexibility index (Phi) is 11.4. The van der Waals surface area contributed by atoms with Gasteiger partial charge in [-0.05, 0) is 81.5 Å². The number of carbonyl (C=O) groups excluding carboxylic acids is 2. The maximum atomic E-state index is 14.0. The van der Waals surface area contributed by atoms with E-state index in [0.717, 1.165) is 22.3 Å². The van der Waals surface area contributed by atoms with E-state index in [4.69, 9.17) is 4.74 Å². The van der Waals surface area contributed by atoms with Gasteiger partial charge in [-0.3, -0.25) is 13.9 Å². The largest absolute Gasteiger partial charge is 0.497 e. The fourth-order valence-electron chi connectivity index (χ4n) is 4.94. The molecular formula is C34H45N3O5S. The number of ether oxygens (including phenoxy) is 1. The minimum atomic E-state index is -3.59. The Morgan fingerprint density at radius 1 is 0.930 bits per heavy atom. The van der Waals surface area contributed by atoms with E-state index >= 15 is 0 Å². The second kappa shape index (κ2) is 14.6. The zero-order chi connectivity index (χ0) is 31.8. The van der Waals surface area contributed by atoms with Crippen LogP contribution < -0.4 is 14.4 Å². The molecule has 1 atom stereocenters. The number of anilines is 1. The van der Waals surface area contributed by atoms with Crippen LogP contribution in [-0.2, 0) is 32.6 Å². The summed E-state index contributed by atoms with van der Waals surface area (Å²) in [4.78, 5) is 29.4. The maximum absolute atomic E-state index is 14.0. The summed E-state index contributed by atoms with van der Waals surface area (Å²) in [7, 11) is -2.01. The average Bonchev–Trinajstić information content (AvgIpc) is 2.93. The van der Waals surface area contributed by atoms with Gasteiger partial charge in [0.1, 0.15) is 11.8 Å². The van der Waals surface area contributed by atoms with Crippen molar-refractivity contribution < 1.29 is 22.7 Å². The Morgan fingerprint density at radius 3 is 2.23 bits per heavy atom. The van der Waals surface area contributed by atoms with Gasteiger partial charge in [0.15, 0.2) is 0 Å². The van der Waals surface area contributed by atoms with E-state index in [1.54, 1.807) is 12.0 Å². The lowest BCUT2D eigenvalue weighted by Gasteiger charge is -2.34. The zero-order valence-corrected chi connectivity index (χ0v) is 27.2. The van der Waals surface area contributed by atoms with Gasteiger partial charge in [0.05, 0.1) is 19.1 Å². The minimum Gasteiger partial charge on any atom is -0.497 e. The third-order valence-corrected chi connectivity index (χ3v) is 8.22. The predicted molar refractivity (Wildman–Crippen MR) is 173 cm³/mol. The standard InChI is InChI=1S/C34H45N3O5S/c1-25-18-19-26(2)30(21-25)37(43(7,40)41)20-12-17-32(38)36(24-28-15-11-16-29(22-28)42-6)31(33(39)35-34(3,4)5)23-27-13-9-8-10-14-27/h8-11,13-16,18-19,21-22,31H,12,17,20,23-24H2,1-7H3,(H,35,39)/t31-/m0/s1. The Balaban J connectivity index is 1.94. The highest BCUT2D eigenvalue weighted by atomic mass is 32.2. The van der Waals surface area contributed by atoms with Crippen LogP contribution in [0.2, 0.25) is 0 Å². The maximum Gasteiger partial charge on any atom is 0.243 e. The van der Waals surface area contributed by atoms with Crippen molar-refractivity contribution in [3.8, 4) is 5.75 Å². The molecule has 0 aliphatic carbocycles. The molecule has 3 aromatic rings. The number of rotatable bonds is 13. The second-order valence-corrected chi connectivity index (χ2v) is 14.0. The van der Waals surface area contributed by atoms with E-state index in [9.17, 15) is 18.0 Å². The monoisotopic (exact) mass is 607 g/mol. The first kappa shape index (κ1) is 33.6. The molecule has 2 amide bonds. The molecule has 0 aliphatic heterocycles. The van der Waals surface area contributed by atoms with Gasteiger partial charge in [-0.25, -0.2) is 8.42 Å². The molecule has 43 heavy (non-hydrogen) atoms. The lowest BCUT2D eigenvalue weighted by molar-refractivity contribution is -0.142. The molecule has 0 unspecified atom stereocenters.